The molecule has 0 radical (unpaired) electrons. The Kier molecular flexibility index (Phi) is 7.45. The smallest absolute Gasteiger partial charge is 0.240 e. The predicted molar refractivity (Wildman–Crippen MR) is 132 cm³/mol. The Morgan fingerprint density at radius 3 is 2.47 bits per heavy atom. The van der Waals surface area contributed by atoms with Gasteiger partial charge in [-0.3, -0.25) is 9.36 Å². The summed E-state index contributed by atoms with van der Waals surface area (Å²) in [7, 11) is 0. The van der Waals surface area contributed by atoms with Crippen LogP contribution in [-0.2, 0) is 11.3 Å². The number of carbonyl (C=O) groups is 1. The van der Waals surface area contributed by atoms with E-state index >= 15 is 0 Å². The molecule has 0 saturated carbocycles. The predicted octanol–water partition coefficient (Wildman–Crippen LogP) is 5.32. The number of aryl methyl sites for hydroxylation is 1. The van der Waals surface area contributed by atoms with E-state index in [4.69, 9.17) is 9.68 Å². The average Bonchev–Trinajstić information content (AvgIpc) is 3.46. The maximum Gasteiger partial charge on any atom is 0.240 e. The number of amides is 1. The molecule has 1 amide bonds. The van der Waals surface area contributed by atoms with E-state index in [0.29, 0.717) is 24.1 Å². The Balaban J connectivity index is 1.63. The lowest BCUT2D eigenvalue weighted by Gasteiger charge is -2.25. The van der Waals surface area contributed by atoms with Crippen molar-refractivity contribution in [3.8, 4) is 17.5 Å². The van der Waals surface area contributed by atoms with E-state index in [0.717, 1.165) is 22.6 Å². The van der Waals surface area contributed by atoms with Crippen LogP contribution >= 0.6 is 11.8 Å². The number of furan rings is 1. The number of thioether (sulfide) groups is 1. The molecule has 1 unspecified atom stereocenters. The van der Waals surface area contributed by atoms with Gasteiger partial charge in [-0.15, -0.1) is 10.2 Å². The van der Waals surface area contributed by atoms with Crippen molar-refractivity contribution in [2.24, 2.45) is 0 Å². The van der Waals surface area contributed by atoms with Crippen LogP contribution in [0.3, 0.4) is 0 Å². The van der Waals surface area contributed by atoms with Crippen LogP contribution in [0.2, 0.25) is 0 Å². The second-order valence-corrected chi connectivity index (χ2v) is 9.07. The summed E-state index contributed by atoms with van der Waals surface area (Å²) in [5.74, 6) is 1.37. The Morgan fingerprint density at radius 2 is 1.82 bits per heavy atom. The molecular formula is C26H25N5O2S. The van der Waals surface area contributed by atoms with E-state index in [1.165, 1.54) is 11.8 Å². The zero-order valence-corrected chi connectivity index (χ0v) is 19.9. The minimum Gasteiger partial charge on any atom is -0.469 e. The van der Waals surface area contributed by atoms with Gasteiger partial charge in [0.15, 0.2) is 11.0 Å². The van der Waals surface area contributed by atoms with Crippen LogP contribution in [0.4, 0.5) is 5.69 Å². The van der Waals surface area contributed by atoms with Crippen molar-refractivity contribution in [2.45, 2.75) is 37.2 Å². The summed E-state index contributed by atoms with van der Waals surface area (Å²) < 4.78 is 7.51. The Hall–Kier alpha value is -3.83. The molecular weight excluding hydrogens is 446 g/mol. The second-order valence-electron chi connectivity index (χ2n) is 7.76. The molecule has 0 fully saturated rings. The third kappa shape index (κ3) is 5.21. The van der Waals surface area contributed by atoms with Crippen LogP contribution in [0.25, 0.3) is 11.4 Å². The standard InChI is InChI=1S/C26H25N5O2S/c1-19-23(14-17-33-19)24-28-29-26(31(24)18-21-10-5-3-6-11-21)34-20(2)25(32)30(16-9-15-27)22-12-7-4-8-13-22/h3-8,10-14,17,20H,9,16,18H2,1-2H3. The zero-order chi connectivity index (χ0) is 23.9. The fourth-order valence-corrected chi connectivity index (χ4v) is 4.58. The number of hydrogen-bond donors (Lipinski definition) is 0. The van der Waals surface area contributed by atoms with Gasteiger partial charge in [0.1, 0.15) is 5.76 Å². The molecule has 0 aliphatic heterocycles. The van der Waals surface area contributed by atoms with E-state index in [1.54, 1.807) is 11.2 Å². The van der Waals surface area contributed by atoms with E-state index in [2.05, 4.69) is 16.3 Å². The van der Waals surface area contributed by atoms with E-state index in [-0.39, 0.29) is 12.3 Å². The molecule has 0 aliphatic rings. The van der Waals surface area contributed by atoms with Gasteiger partial charge in [0.2, 0.25) is 5.91 Å². The number of anilines is 1. The molecule has 0 spiro atoms. The lowest BCUT2D eigenvalue weighted by atomic mass is 10.2. The largest absolute Gasteiger partial charge is 0.469 e. The van der Waals surface area contributed by atoms with Gasteiger partial charge in [-0.1, -0.05) is 60.3 Å². The van der Waals surface area contributed by atoms with E-state index in [9.17, 15) is 4.79 Å². The van der Waals surface area contributed by atoms with Crippen molar-refractivity contribution < 1.29 is 9.21 Å². The first-order chi connectivity index (χ1) is 16.6. The number of para-hydroxylation sites is 1. The van der Waals surface area contributed by atoms with Crippen molar-refractivity contribution in [1.82, 2.24) is 14.8 Å². The van der Waals surface area contributed by atoms with Crippen LogP contribution in [0.5, 0.6) is 0 Å². The molecule has 8 heteroatoms. The van der Waals surface area contributed by atoms with Crippen molar-refractivity contribution in [1.29, 1.82) is 5.26 Å². The summed E-state index contributed by atoms with van der Waals surface area (Å²) in [6.45, 7) is 4.65. The minimum absolute atomic E-state index is 0.0817. The highest BCUT2D eigenvalue weighted by atomic mass is 32.2. The molecule has 2 aromatic heterocycles. The zero-order valence-electron chi connectivity index (χ0n) is 19.1. The first-order valence-electron chi connectivity index (χ1n) is 11.0. The highest BCUT2D eigenvalue weighted by molar-refractivity contribution is 8.00. The fraction of sp³-hybridized carbons (Fsp3) is 0.231. The number of rotatable bonds is 9. The Bertz CT molecular complexity index is 1280. The molecule has 0 N–H and O–H groups in total. The molecule has 34 heavy (non-hydrogen) atoms. The average molecular weight is 472 g/mol. The summed E-state index contributed by atoms with van der Waals surface area (Å²) >= 11 is 1.36. The monoisotopic (exact) mass is 471 g/mol. The molecule has 0 bridgehead atoms. The second kappa shape index (κ2) is 10.9. The number of nitriles is 1. The van der Waals surface area contributed by atoms with Crippen LogP contribution in [-0.4, -0.2) is 32.5 Å². The third-order valence-electron chi connectivity index (χ3n) is 5.41. The van der Waals surface area contributed by atoms with Crippen LogP contribution in [0, 0.1) is 18.3 Å². The van der Waals surface area contributed by atoms with Crippen LogP contribution in [0.15, 0.2) is 82.6 Å². The van der Waals surface area contributed by atoms with Gasteiger partial charge in [-0.2, -0.15) is 5.26 Å². The van der Waals surface area contributed by atoms with Crippen molar-refractivity contribution in [3.05, 3.63) is 84.3 Å². The summed E-state index contributed by atoms with van der Waals surface area (Å²) in [6.07, 6.45) is 1.89. The molecule has 2 aromatic carbocycles. The highest BCUT2D eigenvalue weighted by Crippen LogP contribution is 2.31. The number of benzene rings is 2. The first-order valence-corrected chi connectivity index (χ1v) is 11.9. The van der Waals surface area contributed by atoms with E-state index in [1.807, 2.05) is 85.1 Å². The van der Waals surface area contributed by atoms with Crippen molar-refractivity contribution in [3.63, 3.8) is 0 Å². The fourth-order valence-electron chi connectivity index (χ4n) is 3.66. The first kappa shape index (κ1) is 23.3. The molecule has 7 nitrogen and oxygen atoms in total. The molecule has 0 aliphatic carbocycles. The number of aromatic nitrogens is 3. The maximum absolute atomic E-state index is 13.4. The van der Waals surface area contributed by atoms with Gasteiger partial charge in [0.25, 0.3) is 0 Å². The SMILES string of the molecule is Cc1occc1-c1nnc(SC(C)C(=O)N(CCC#N)c2ccccc2)n1Cc1ccccc1. The lowest BCUT2D eigenvalue weighted by molar-refractivity contribution is -0.117. The van der Waals surface area contributed by atoms with Gasteiger partial charge < -0.3 is 9.32 Å². The Labute approximate surface area is 203 Å². The Morgan fingerprint density at radius 1 is 1.12 bits per heavy atom. The molecule has 4 rings (SSSR count). The minimum atomic E-state index is -0.434. The van der Waals surface area contributed by atoms with Crippen LogP contribution < -0.4 is 4.90 Å². The summed E-state index contributed by atoms with van der Waals surface area (Å²) in [6, 6.07) is 23.5. The quantitative estimate of drug-likeness (QED) is 0.307. The summed E-state index contributed by atoms with van der Waals surface area (Å²) in [5, 5.41) is 18.2. The molecule has 4 aromatic rings. The van der Waals surface area contributed by atoms with Crippen molar-refractivity contribution >= 4 is 23.4 Å². The van der Waals surface area contributed by atoms with E-state index < -0.39 is 5.25 Å². The van der Waals surface area contributed by atoms with Gasteiger partial charge >= 0.3 is 0 Å². The number of carbonyl (C=O) groups excluding carboxylic acids is 1. The summed E-state index contributed by atoms with van der Waals surface area (Å²) in [4.78, 5) is 15.1. The molecule has 0 saturated heterocycles. The van der Waals surface area contributed by atoms with Crippen molar-refractivity contribution in [2.75, 3.05) is 11.4 Å². The van der Waals surface area contributed by atoms with Crippen LogP contribution in [0.1, 0.15) is 24.7 Å². The lowest BCUT2D eigenvalue weighted by Crippen LogP contribution is -2.37. The highest BCUT2D eigenvalue weighted by Gasteiger charge is 2.26. The summed E-state index contributed by atoms with van der Waals surface area (Å²) in [5.41, 5.74) is 2.75. The van der Waals surface area contributed by atoms with Gasteiger partial charge in [-0.05, 0) is 37.6 Å². The third-order valence-corrected chi connectivity index (χ3v) is 6.48. The topological polar surface area (TPSA) is 88.0 Å². The van der Waals surface area contributed by atoms with Gasteiger partial charge in [0, 0.05) is 12.2 Å². The molecule has 1 atom stereocenters. The number of hydrogen-bond acceptors (Lipinski definition) is 6. The van der Waals surface area contributed by atoms with Gasteiger partial charge in [-0.25, -0.2) is 0 Å². The normalized spacial score (nSPS) is 11.7. The number of nitrogens with zero attached hydrogens (tertiary/aromatic N) is 5. The van der Waals surface area contributed by atoms with Gasteiger partial charge in [0.05, 0.1) is 36.1 Å². The molecule has 172 valence electrons. The molecule has 2 heterocycles. The maximum atomic E-state index is 13.4.